The predicted molar refractivity (Wildman–Crippen MR) is 87.1 cm³/mol. The van der Waals surface area contributed by atoms with Crippen molar-refractivity contribution in [3.05, 3.63) is 41.5 Å². The SMILES string of the molecule is Cc1nc([C@@H]2CCCCCN2C(=O)Nc2ccccc2C)no1. The number of hydrogen-bond donors (Lipinski definition) is 1. The largest absolute Gasteiger partial charge is 0.340 e. The summed E-state index contributed by atoms with van der Waals surface area (Å²) in [4.78, 5) is 19.0. The van der Waals surface area contributed by atoms with E-state index in [9.17, 15) is 4.79 Å². The Balaban J connectivity index is 1.81. The first-order valence-corrected chi connectivity index (χ1v) is 8.08. The average Bonchev–Trinajstić information content (AvgIpc) is 2.82. The van der Waals surface area contributed by atoms with Crippen LogP contribution in [0.1, 0.15) is 49.0 Å². The summed E-state index contributed by atoms with van der Waals surface area (Å²) in [5, 5.41) is 7.05. The second-order valence-electron chi connectivity index (χ2n) is 5.98. The topological polar surface area (TPSA) is 71.3 Å². The van der Waals surface area contributed by atoms with E-state index < -0.39 is 0 Å². The van der Waals surface area contributed by atoms with Crippen molar-refractivity contribution in [3.63, 3.8) is 0 Å². The average molecular weight is 314 g/mol. The Morgan fingerprint density at radius 2 is 2.09 bits per heavy atom. The van der Waals surface area contributed by atoms with Crippen LogP contribution in [0.3, 0.4) is 0 Å². The molecule has 1 atom stereocenters. The lowest BCUT2D eigenvalue weighted by Gasteiger charge is -2.28. The summed E-state index contributed by atoms with van der Waals surface area (Å²) in [6, 6.07) is 7.55. The Morgan fingerprint density at radius 1 is 1.26 bits per heavy atom. The standard InChI is InChI=1S/C17H22N4O2/c1-12-8-5-6-9-14(12)19-17(22)21-11-7-3-4-10-15(21)16-18-13(2)23-20-16/h5-6,8-9,15H,3-4,7,10-11H2,1-2H3,(H,19,22)/t15-/m0/s1. The van der Waals surface area contributed by atoms with Gasteiger partial charge in [-0.1, -0.05) is 36.2 Å². The van der Waals surface area contributed by atoms with E-state index in [0.29, 0.717) is 18.3 Å². The van der Waals surface area contributed by atoms with Crippen LogP contribution >= 0.6 is 0 Å². The molecule has 122 valence electrons. The fraction of sp³-hybridized carbons (Fsp3) is 0.471. The fourth-order valence-corrected chi connectivity index (χ4v) is 2.97. The number of likely N-dealkylation sites (tertiary alicyclic amines) is 1. The molecule has 23 heavy (non-hydrogen) atoms. The highest BCUT2D eigenvalue weighted by Crippen LogP contribution is 2.29. The third-order valence-corrected chi connectivity index (χ3v) is 4.24. The van der Waals surface area contributed by atoms with Gasteiger partial charge in [-0.25, -0.2) is 4.79 Å². The summed E-state index contributed by atoms with van der Waals surface area (Å²) in [5.41, 5.74) is 1.88. The van der Waals surface area contributed by atoms with Crippen molar-refractivity contribution in [2.24, 2.45) is 0 Å². The van der Waals surface area contributed by atoms with Gasteiger partial charge in [0.25, 0.3) is 0 Å². The minimum absolute atomic E-state index is 0.103. The summed E-state index contributed by atoms with van der Waals surface area (Å²) in [6.07, 6.45) is 4.03. The number of carbonyl (C=O) groups is 1. The second kappa shape index (κ2) is 6.81. The zero-order chi connectivity index (χ0) is 16.2. The maximum Gasteiger partial charge on any atom is 0.322 e. The Bertz CT molecular complexity index is 683. The molecule has 1 aromatic heterocycles. The predicted octanol–water partition coefficient (Wildman–Crippen LogP) is 3.84. The zero-order valence-electron chi connectivity index (χ0n) is 13.6. The van der Waals surface area contributed by atoms with E-state index in [1.54, 1.807) is 6.92 Å². The number of nitrogens with zero attached hydrogens (tertiary/aromatic N) is 3. The first-order valence-electron chi connectivity index (χ1n) is 8.08. The molecule has 1 fully saturated rings. The van der Waals surface area contributed by atoms with Crippen molar-refractivity contribution in [2.45, 2.75) is 45.6 Å². The summed E-state index contributed by atoms with van der Waals surface area (Å²) >= 11 is 0. The molecule has 6 nitrogen and oxygen atoms in total. The van der Waals surface area contributed by atoms with Gasteiger partial charge in [0, 0.05) is 19.2 Å². The highest BCUT2D eigenvalue weighted by molar-refractivity contribution is 5.90. The van der Waals surface area contributed by atoms with Crippen molar-refractivity contribution in [1.82, 2.24) is 15.0 Å². The van der Waals surface area contributed by atoms with Crippen molar-refractivity contribution in [3.8, 4) is 0 Å². The smallest absolute Gasteiger partial charge is 0.322 e. The number of nitrogens with one attached hydrogen (secondary N) is 1. The number of anilines is 1. The van der Waals surface area contributed by atoms with E-state index in [0.717, 1.165) is 36.9 Å². The maximum atomic E-state index is 12.8. The number of benzene rings is 1. The van der Waals surface area contributed by atoms with E-state index >= 15 is 0 Å². The molecule has 1 aliphatic rings. The highest BCUT2D eigenvalue weighted by Gasteiger charge is 2.30. The van der Waals surface area contributed by atoms with Gasteiger partial charge in [-0.15, -0.1) is 0 Å². The molecule has 0 aliphatic carbocycles. The molecule has 2 amide bonds. The third-order valence-electron chi connectivity index (χ3n) is 4.24. The molecule has 0 bridgehead atoms. The Labute approximate surface area is 135 Å². The second-order valence-corrected chi connectivity index (χ2v) is 5.98. The normalized spacial score (nSPS) is 18.5. The number of aryl methyl sites for hydroxylation is 2. The number of amides is 2. The molecule has 0 unspecified atom stereocenters. The van der Waals surface area contributed by atoms with Crippen LogP contribution in [0, 0.1) is 13.8 Å². The van der Waals surface area contributed by atoms with Crippen molar-refractivity contribution in [2.75, 3.05) is 11.9 Å². The van der Waals surface area contributed by atoms with Crippen LogP contribution in [0.4, 0.5) is 10.5 Å². The number of hydrogen-bond acceptors (Lipinski definition) is 4. The minimum atomic E-state index is -0.126. The molecule has 0 radical (unpaired) electrons. The highest BCUT2D eigenvalue weighted by atomic mass is 16.5. The lowest BCUT2D eigenvalue weighted by molar-refractivity contribution is 0.184. The van der Waals surface area contributed by atoms with Gasteiger partial charge < -0.3 is 14.7 Å². The van der Waals surface area contributed by atoms with Gasteiger partial charge in [0.1, 0.15) is 0 Å². The summed E-state index contributed by atoms with van der Waals surface area (Å²) in [5.74, 6) is 1.13. The maximum absolute atomic E-state index is 12.8. The molecule has 3 rings (SSSR count). The van der Waals surface area contributed by atoms with Crippen LogP contribution in [0.25, 0.3) is 0 Å². The summed E-state index contributed by atoms with van der Waals surface area (Å²) in [7, 11) is 0. The summed E-state index contributed by atoms with van der Waals surface area (Å²) in [6.45, 7) is 4.46. The monoisotopic (exact) mass is 314 g/mol. The van der Waals surface area contributed by atoms with Crippen LogP contribution in [0.15, 0.2) is 28.8 Å². The Morgan fingerprint density at radius 3 is 2.83 bits per heavy atom. The number of urea groups is 1. The van der Waals surface area contributed by atoms with Crippen molar-refractivity contribution >= 4 is 11.7 Å². The molecule has 1 saturated heterocycles. The van der Waals surface area contributed by atoms with Crippen LogP contribution in [-0.2, 0) is 0 Å². The summed E-state index contributed by atoms with van der Waals surface area (Å²) < 4.78 is 5.10. The molecule has 2 heterocycles. The molecule has 6 heteroatoms. The van der Waals surface area contributed by atoms with E-state index in [4.69, 9.17) is 4.52 Å². The molecule has 1 N–H and O–H groups in total. The molecule has 0 spiro atoms. The van der Waals surface area contributed by atoms with Gasteiger partial charge in [0.05, 0.1) is 6.04 Å². The van der Waals surface area contributed by atoms with Crippen molar-refractivity contribution in [1.29, 1.82) is 0 Å². The van der Waals surface area contributed by atoms with Crippen LogP contribution in [0.2, 0.25) is 0 Å². The number of para-hydroxylation sites is 1. The number of carbonyl (C=O) groups excluding carboxylic acids is 1. The van der Waals surface area contributed by atoms with Gasteiger partial charge >= 0.3 is 6.03 Å². The Kier molecular flexibility index (Phi) is 4.60. The lowest BCUT2D eigenvalue weighted by atomic mass is 10.1. The van der Waals surface area contributed by atoms with Crippen LogP contribution in [-0.4, -0.2) is 27.6 Å². The van der Waals surface area contributed by atoms with Crippen LogP contribution in [0.5, 0.6) is 0 Å². The molecular formula is C17H22N4O2. The van der Waals surface area contributed by atoms with Gasteiger partial charge in [0.15, 0.2) is 5.82 Å². The van der Waals surface area contributed by atoms with Gasteiger partial charge in [0.2, 0.25) is 5.89 Å². The fourth-order valence-electron chi connectivity index (χ4n) is 2.97. The van der Waals surface area contributed by atoms with Gasteiger partial charge in [-0.2, -0.15) is 4.98 Å². The molecule has 2 aromatic rings. The van der Waals surface area contributed by atoms with E-state index in [2.05, 4.69) is 15.5 Å². The zero-order valence-corrected chi connectivity index (χ0v) is 13.6. The molecule has 1 aromatic carbocycles. The van der Waals surface area contributed by atoms with Crippen LogP contribution < -0.4 is 5.32 Å². The third kappa shape index (κ3) is 3.52. The van der Waals surface area contributed by atoms with Crippen molar-refractivity contribution < 1.29 is 9.32 Å². The van der Waals surface area contributed by atoms with E-state index in [1.165, 1.54) is 0 Å². The van der Waals surface area contributed by atoms with E-state index in [-0.39, 0.29) is 12.1 Å². The molecule has 1 aliphatic heterocycles. The van der Waals surface area contributed by atoms with E-state index in [1.807, 2.05) is 36.1 Å². The van der Waals surface area contributed by atoms with Gasteiger partial charge in [-0.3, -0.25) is 0 Å². The Hall–Kier alpha value is -2.37. The quantitative estimate of drug-likeness (QED) is 0.914. The first kappa shape index (κ1) is 15.5. The van der Waals surface area contributed by atoms with Gasteiger partial charge in [-0.05, 0) is 31.4 Å². The molecule has 0 saturated carbocycles. The number of rotatable bonds is 2. The minimum Gasteiger partial charge on any atom is -0.340 e. The number of aromatic nitrogens is 2. The molecular weight excluding hydrogens is 292 g/mol. The lowest BCUT2D eigenvalue weighted by Crippen LogP contribution is -2.38. The first-order chi connectivity index (χ1) is 11.1.